The summed E-state index contributed by atoms with van der Waals surface area (Å²) in [6, 6.07) is 8.36. The fourth-order valence-corrected chi connectivity index (χ4v) is 2.16. The van der Waals surface area contributed by atoms with Crippen molar-refractivity contribution in [3.63, 3.8) is 0 Å². The Morgan fingerprint density at radius 3 is 2.76 bits per heavy atom. The van der Waals surface area contributed by atoms with Gasteiger partial charge in [0, 0.05) is 24.4 Å². The maximum Gasteiger partial charge on any atom is 0.354 e. The second-order valence-electron chi connectivity index (χ2n) is 4.56. The van der Waals surface area contributed by atoms with Crippen LogP contribution in [-0.2, 0) is 11.3 Å². The van der Waals surface area contributed by atoms with Crippen LogP contribution >= 0.6 is 0 Å². The normalized spacial score (nSPS) is 10.4. The second kappa shape index (κ2) is 6.21. The predicted octanol–water partition coefficient (Wildman–Crippen LogP) is 2.93. The van der Waals surface area contributed by atoms with Crippen LogP contribution in [0.2, 0.25) is 0 Å². The molecule has 6 heteroatoms. The summed E-state index contributed by atoms with van der Waals surface area (Å²) in [6.07, 6.45) is 1.75. The monoisotopic (exact) mass is 288 g/mol. The topological polar surface area (TPSA) is 74.4 Å². The van der Waals surface area contributed by atoms with Crippen LogP contribution in [0.1, 0.15) is 28.5 Å². The first-order valence-electron chi connectivity index (χ1n) is 6.59. The first-order valence-corrected chi connectivity index (χ1v) is 6.59. The van der Waals surface area contributed by atoms with Crippen LogP contribution in [-0.4, -0.2) is 22.1 Å². The molecule has 110 valence electrons. The van der Waals surface area contributed by atoms with Gasteiger partial charge in [-0.2, -0.15) is 0 Å². The zero-order chi connectivity index (χ0) is 15.4. The highest BCUT2D eigenvalue weighted by Crippen LogP contribution is 2.22. The van der Waals surface area contributed by atoms with Crippen LogP contribution in [0.4, 0.5) is 5.69 Å². The number of benzene rings is 1. The molecule has 0 bridgehead atoms. The highest BCUT2D eigenvalue weighted by atomic mass is 16.6. The van der Waals surface area contributed by atoms with Gasteiger partial charge >= 0.3 is 5.97 Å². The highest BCUT2D eigenvalue weighted by Gasteiger charge is 2.16. The van der Waals surface area contributed by atoms with Gasteiger partial charge in [0.25, 0.3) is 5.69 Å². The summed E-state index contributed by atoms with van der Waals surface area (Å²) in [5.41, 5.74) is 1.91. The van der Waals surface area contributed by atoms with Crippen molar-refractivity contribution in [1.82, 2.24) is 4.57 Å². The zero-order valence-corrected chi connectivity index (χ0v) is 11.9. The molecule has 1 heterocycles. The minimum atomic E-state index is -0.402. The van der Waals surface area contributed by atoms with Crippen molar-refractivity contribution in [3.05, 3.63) is 63.5 Å². The zero-order valence-electron chi connectivity index (χ0n) is 11.9. The SMILES string of the molecule is CCOC(=O)c1cccn1Cc1cccc([N+](=O)[O-])c1C. The molecule has 0 saturated heterocycles. The number of hydrogen-bond donors (Lipinski definition) is 0. The average molecular weight is 288 g/mol. The predicted molar refractivity (Wildman–Crippen MR) is 77.3 cm³/mol. The van der Waals surface area contributed by atoms with E-state index in [9.17, 15) is 14.9 Å². The highest BCUT2D eigenvalue weighted by molar-refractivity contribution is 5.87. The van der Waals surface area contributed by atoms with Crippen molar-refractivity contribution in [1.29, 1.82) is 0 Å². The molecular weight excluding hydrogens is 272 g/mol. The van der Waals surface area contributed by atoms with Crippen LogP contribution < -0.4 is 0 Å². The molecule has 0 aliphatic heterocycles. The second-order valence-corrected chi connectivity index (χ2v) is 4.56. The van der Waals surface area contributed by atoms with Crippen molar-refractivity contribution < 1.29 is 14.5 Å². The molecule has 0 unspecified atom stereocenters. The fourth-order valence-electron chi connectivity index (χ4n) is 2.16. The Kier molecular flexibility index (Phi) is 4.37. The molecule has 0 N–H and O–H groups in total. The standard InChI is InChI=1S/C15H16N2O4/c1-3-21-15(18)14-8-5-9-16(14)10-12-6-4-7-13(11(12)2)17(19)20/h4-9H,3,10H2,1-2H3. The lowest BCUT2D eigenvalue weighted by Gasteiger charge is -2.11. The Labute approximate surface area is 122 Å². The van der Waals surface area contributed by atoms with E-state index in [1.54, 1.807) is 42.8 Å². The van der Waals surface area contributed by atoms with E-state index < -0.39 is 10.9 Å². The van der Waals surface area contributed by atoms with Gasteiger partial charge < -0.3 is 9.30 Å². The number of nitro groups is 1. The summed E-state index contributed by atoms with van der Waals surface area (Å²) in [7, 11) is 0. The van der Waals surface area contributed by atoms with Gasteiger partial charge in [-0.3, -0.25) is 10.1 Å². The minimum absolute atomic E-state index is 0.0809. The molecule has 2 aromatic rings. The van der Waals surface area contributed by atoms with Crippen LogP contribution in [0, 0.1) is 17.0 Å². The summed E-state index contributed by atoms with van der Waals surface area (Å²) >= 11 is 0. The Balaban J connectivity index is 2.32. The van der Waals surface area contributed by atoms with Crippen LogP contribution in [0.5, 0.6) is 0 Å². The quantitative estimate of drug-likeness (QED) is 0.481. The molecule has 0 fully saturated rings. The van der Waals surface area contributed by atoms with Crippen LogP contribution in [0.15, 0.2) is 36.5 Å². The third-order valence-electron chi connectivity index (χ3n) is 3.27. The number of carbonyl (C=O) groups excluding carboxylic acids is 1. The molecule has 1 aromatic heterocycles. The molecule has 0 radical (unpaired) electrons. The van der Waals surface area contributed by atoms with E-state index in [-0.39, 0.29) is 5.69 Å². The van der Waals surface area contributed by atoms with E-state index >= 15 is 0 Å². The Morgan fingerprint density at radius 2 is 2.10 bits per heavy atom. The van der Waals surface area contributed by atoms with E-state index in [0.717, 1.165) is 5.56 Å². The van der Waals surface area contributed by atoms with Crippen LogP contribution in [0.3, 0.4) is 0 Å². The summed E-state index contributed by atoms with van der Waals surface area (Å²) in [5, 5.41) is 11.0. The first-order chi connectivity index (χ1) is 10.0. The maximum atomic E-state index is 11.8. The lowest BCUT2D eigenvalue weighted by atomic mass is 10.1. The molecule has 0 saturated carbocycles. The van der Waals surface area contributed by atoms with E-state index in [2.05, 4.69) is 0 Å². The molecule has 0 atom stereocenters. The largest absolute Gasteiger partial charge is 0.461 e. The van der Waals surface area contributed by atoms with Crippen molar-refractivity contribution in [3.8, 4) is 0 Å². The van der Waals surface area contributed by atoms with E-state index in [1.165, 1.54) is 6.07 Å². The number of ether oxygens (including phenoxy) is 1. The van der Waals surface area contributed by atoms with E-state index in [4.69, 9.17) is 4.74 Å². The number of nitrogens with zero attached hydrogens (tertiary/aromatic N) is 2. The molecule has 0 amide bonds. The van der Waals surface area contributed by atoms with Gasteiger partial charge in [0.2, 0.25) is 0 Å². The van der Waals surface area contributed by atoms with Crippen LogP contribution in [0.25, 0.3) is 0 Å². The molecule has 2 rings (SSSR count). The molecule has 0 aliphatic carbocycles. The Hall–Kier alpha value is -2.63. The molecule has 1 aromatic carbocycles. The Morgan fingerprint density at radius 1 is 1.33 bits per heavy atom. The maximum absolute atomic E-state index is 11.8. The smallest absolute Gasteiger partial charge is 0.354 e. The Bertz CT molecular complexity index is 676. The summed E-state index contributed by atoms with van der Waals surface area (Å²) in [6.45, 7) is 4.14. The molecule has 0 aliphatic rings. The summed E-state index contributed by atoms with van der Waals surface area (Å²) < 4.78 is 6.72. The molecular formula is C15H16N2O4. The minimum Gasteiger partial charge on any atom is -0.461 e. The number of carbonyl (C=O) groups is 1. The van der Waals surface area contributed by atoms with Crippen molar-refractivity contribution in [2.45, 2.75) is 20.4 Å². The number of rotatable bonds is 5. The van der Waals surface area contributed by atoms with Gasteiger partial charge in [0.1, 0.15) is 5.69 Å². The fraction of sp³-hybridized carbons (Fsp3) is 0.267. The molecule has 21 heavy (non-hydrogen) atoms. The summed E-state index contributed by atoms with van der Waals surface area (Å²) in [4.78, 5) is 22.4. The summed E-state index contributed by atoms with van der Waals surface area (Å²) in [5.74, 6) is -0.398. The van der Waals surface area contributed by atoms with Gasteiger partial charge in [-0.1, -0.05) is 12.1 Å². The van der Waals surface area contributed by atoms with Gasteiger partial charge in [0.15, 0.2) is 0 Å². The number of hydrogen-bond acceptors (Lipinski definition) is 4. The number of esters is 1. The van der Waals surface area contributed by atoms with E-state index in [0.29, 0.717) is 24.4 Å². The third-order valence-corrected chi connectivity index (χ3v) is 3.27. The van der Waals surface area contributed by atoms with Crippen molar-refractivity contribution in [2.75, 3.05) is 6.61 Å². The third kappa shape index (κ3) is 3.10. The van der Waals surface area contributed by atoms with Gasteiger partial charge in [0.05, 0.1) is 11.5 Å². The van der Waals surface area contributed by atoms with Crippen molar-refractivity contribution in [2.24, 2.45) is 0 Å². The molecule has 6 nitrogen and oxygen atoms in total. The lowest BCUT2D eigenvalue weighted by Crippen LogP contribution is -2.13. The van der Waals surface area contributed by atoms with E-state index in [1.807, 2.05) is 6.07 Å². The lowest BCUT2D eigenvalue weighted by molar-refractivity contribution is -0.385. The van der Waals surface area contributed by atoms with Crippen molar-refractivity contribution >= 4 is 11.7 Å². The van der Waals surface area contributed by atoms with Gasteiger partial charge in [-0.05, 0) is 31.5 Å². The number of nitro benzene ring substituents is 1. The van der Waals surface area contributed by atoms with Gasteiger partial charge in [-0.25, -0.2) is 4.79 Å². The number of aromatic nitrogens is 1. The average Bonchev–Trinajstić information content (AvgIpc) is 2.89. The van der Waals surface area contributed by atoms with Gasteiger partial charge in [-0.15, -0.1) is 0 Å². The first kappa shape index (κ1) is 14.8. The molecule has 0 spiro atoms.